The number of hydrogen-bond donors (Lipinski definition) is 2. The molecule has 0 spiro atoms. The second-order valence-electron chi connectivity index (χ2n) is 6.30. The first-order valence-electron chi connectivity index (χ1n) is 9.14. The summed E-state index contributed by atoms with van der Waals surface area (Å²) < 4.78 is 11.2. The van der Waals surface area contributed by atoms with Crippen LogP contribution in [0.25, 0.3) is 11.3 Å². The standard InChI is InChI=1S/C22H22ClNO4/c1-2-3-11-27-17-6-4-5-16(12-17)22(26)24-20-13-15(7-9-19(20)23)21-10-8-18(14-25)28-21/h4-10,12-13,25H,2-3,11,14H2,1H3,(H,24,26). The molecule has 0 atom stereocenters. The summed E-state index contributed by atoms with van der Waals surface area (Å²) in [5.74, 6) is 1.43. The van der Waals surface area contributed by atoms with Crippen molar-refractivity contribution in [2.24, 2.45) is 0 Å². The maximum Gasteiger partial charge on any atom is 0.255 e. The van der Waals surface area contributed by atoms with Crippen LogP contribution >= 0.6 is 11.6 Å². The number of halogens is 1. The van der Waals surface area contributed by atoms with Gasteiger partial charge in [-0.2, -0.15) is 0 Å². The second kappa shape index (κ2) is 9.44. The number of aliphatic hydroxyl groups excluding tert-OH is 1. The van der Waals surface area contributed by atoms with Crippen molar-refractivity contribution in [2.45, 2.75) is 26.4 Å². The molecule has 0 aliphatic rings. The van der Waals surface area contributed by atoms with E-state index in [4.69, 9.17) is 25.9 Å². The maximum absolute atomic E-state index is 12.7. The highest BCUT2D eigenvalue weighted by atomic mass is 35.5. The minimum absolute atomic E-state index is 0.173. The molecule has 0 aliphatic heterocycles. The minimum atomic E-state index is -0.282. The summed E-state index contributed by atoms with van der Waals surface area (Å²) in [5, 5.41) is 12.4. The van der Waals surface area contributed by atoms with Crippen molar-refractivity contribution >= 4 is 23.2 Å². The molecule has 3 aromatic rings. The van der Waals surface area contributed by atoms with Gasteiger partial charge >= 0.3 is 0 Å². The zero-order chi connectivity index (χ0) is 19.9. The van der Waals surface area contributed by atoms with Crippen molar-refractivity contribution in [1.29, 1.82) is 0 Å². The van der Waals surface area contributed by atoms with Gasteiger partial charge in [-0.05, 0) is 55.0 Å². The number of carbonyl (C=O) groups is 1. The molecule has 6 heteroatoms. The van der Waals surface area contributed by atoms with Crippen molar-refractivity contribution in [2.75, 3.05) is 11.9 Å². The zero-order valence-corrected chi connectivity index (χ0v) is 16.3. The van der Waals surface area contributed by atoms with Gasteiger partial charge in [0.1, 0.15) is 23.9 Å². The summed E-state index contributed by atoms with van der Waals surface area (Å²) in [7, 11) is 0. The van der Waals surface area contributed by atoms with Crippen LogP contribution in [0.1, 0.15) is 35.9 Å². The first kappa shape index (κ1) is 20.0. The predicted octanol–water partition coefficient (Wildman–Crippen LogP) is 5.52. The van der Waals surface area contributed by atoms with E-state index in [2.05, 4.69) is 12.2 Å². The Balaban J connectivity index is 1.76. The molecule has 0 radical (unpaired) electrons. The van der Waals surface area contributed by atoms with Gasteiger partial charge in [0.25, 0.3) is 5.91 Å². The van der Waals surface area contributed by atoms with E-state index in [0.717, 1.165) is 18.4 Å². The highest BCUT2D eigenvalue weighted by Gasteiger charge is 2.12. The molecule has 28 heavy (non-hydrogen) atoms. The number of nitrogens with one attached hydrogen (secondary N) is 1. The average molecular weight is 400 g/mol. The molecule has 0 fully saturated rings. The highest BCUT2D eigenvalue weighted by molar-refractivity contribution is 6.34. The van der Waals surface area contributed by atoms with Crippen LogP contribution in [0, 0.1) is 0 Å². The zero-order valence-electron chi connectivity index (χ0n) is 15.6. The van der Waals surface area contributed by atoms with Crippen LogP contribution in [-0.2, 0) is 6.61 Å². The fraction of sp³-hybridized carbons (Fsp3) is 0.227. The SMILES string of the molecule is CCCCOc1cccc(C(=O)Nc2cc(-c3ccc(CO)o3)ccc2Cl)c1. The van der Waals surface area contributed by atoms with Crippen molar-refractivity contribution in [3.63, 3.8) is 0 Å². The third-order valence-electron chi connectivity index (χ3n) is 4.18. The number of benzene rings is 2. The Bertz CT molecular complexity index is 951. The molecule has 1 amide bonds. The lowest BCUT2D eigenvalue weighted by molar-refractivity contribution is 0.102. The number of aliphatic hydroxyl groups is 1. The van der Waals surface area contributed by atoms with Gasteiger partial charge in [0.05, 0.1) is 17.3 Å². The van der Waals surface area contributed by atoms with E-state index in [1.807, 2.05) is 6.07 Å². The Hall–Kier alpha value is -2.76. The lowest BCUT2D eigenvalue weighted by Crippen LogP contribution is -2.12. The number of carbonyl (C=O) groups excluding carboxylic acids is 1. The summed E-state index contributed by atoms with van der Waals surface area (Å²) >= 11 is 6.25. The molecule has 1 heterocycles. The lowest BCUT2D eigenvalue weighted by Gasteiger charge is -2.10. The van der Waals surface area contributed by atoms with Crippen LogP contribution in [0.3, 0.4) is 0 Å². The molecule has 146 valence electrons. The van der Waals surface area contributed by atoms with Crippen LogP contribution in [0.15, 0.2) is 59.0 Å². The van der Waals surface area contributed by atoms with Gasteiger partial charge in [-0.25, -0.2) is 0 Å². The monoisotopic (exact) mass is 399 g/mol. The molecule has 2 aromatic carbocycles. The third kappa shape index (κ3) is 4.94. The third-order valence-corrected chi connectivity index (χ3v) is 4.51. The second-order valence-corrected chi connectivity index (χ2v) is 6.71. The molecule has 0 unspecified atom stereocenters. The molecule has 5 nitrogen and oxygen atoms in total. The molecule has 0 saturated heterocycles. The predicted molar refractivity (Wildman–Crippen MR) is 110 cm³/mol. The van der Waals surface area contributed by atoms with Gasteiger partial charge < -0.3 is 19.6 Å². The molecule has 1 aromatic heterocycles. The molecular formula is C22H22ClNO4. The van der Waals surface area contributed by atoms with E-state index in [1.165, 1.54) is 0 Å². The number of ether oxygens (including phenoxy) is 1. The Kier molecular flexibility index (Phi) is 6.74. The van der Waals surface area contributed by atoms with Gasteiger partial charge in [-0.1, -0.05) is 31.0 Å². The van der Waals surface area contributed by atoms with Crippen LogP contribution in [0.4, 0.5) is 5.69 Å². The summed E-state index contributed by atoms with van der Waals surface area (Å²) in [4.78, 5) is 12.7. The van der Waals surface area contributed by atoms with E-state index in [9.17, 15) is 4.79 Å². The van der Waals surface area contributed by atoms with Crippen molar-refractivity contribution < 1.29 is 19.1 Å². The smallest absolute Gasteiger partial charge is 0.255 e. The molecule has 0 bridgehead atoms. The number of unbranched alkanes of at least 4 members (excludes halogenated alkanes) is 1. The summed E-state index contributed by atoms with van der Waals surface area (Å²) in [6.07, 6.45) is 2.01. The summed E-state index contributed by atoms with van der Waals surface area (Å²) in [6, 6.07) is 15.7. The van der Waals surface area contributed by atoms with Crippen molar-refractivity contribution in [1.82, 2.24) is 0 Å². The molecular weight excluding hydrogens is 378 g/mol. The topological polar surface area (TPSA) is 71.7 Å². The van der Waals surface area contributed by atoms with Crippen molar-refractivity contribution in [3.8, 4) is 17.1 Å². The fourth-order valence-corrected chi connectivity index (χ4v) is 2.81. The highest BCUT2D eigenvalue weighted by Crippen LogP contribution is 2.30. The lowest BCUT2D eigenvalue weighted by atomic mass is 10.1. The normalized spacial score (nSPS) is 10.7. The van der Waals surface area contributed by atoms with Crippen LogP contribution in [0.2, 0.25) is 5.02 Å². The number of anilines is 1. The van der Waals surface area contributed by atoms with Crippen LogP contribution in [-0.4, -0.2) is 17.6 Å². The Morgan fingerprint density at radius 1 is 1.18 bits per heavy atom. The average Bonchev–Trinajstić information content (AvgIpc) is 3.19. The Labute approximate surface area is 168 Å². The van der Waals surface area contributed by atoms with E-state index in [1.54, 1.807) is 48.5 Å². The van der Waals surface area contributed by atoms with Gasteiger partial charge in [0.15, 0.2) is 0 Å². The van der Waals surface area contributed by atoms with Crippen LogP contribution in [0.5, 0.6) is 5.75 Å². The fourth-order valence-electron chi connectivity index (χ4n) is 2.65. The number of furan rings is 1. The quantitative estimate of drug-likeness (QED) is 0.489. The largest absolute Gasteiger partial charge is 0.494 e. The van der Waals surface area contributed by atoms with E-state index in [0.29, 0.717) is 40.2 Å². The van der Waals surface area contributed by atoms with Gasteiger partial charge in [0.2, 0.25) is 0 Å². The minimum Gasteiger partial charge on any atom is -0.494 e. The number of hydrogen-bond acceptors (Lipinski definition) is 4. The molecule has 3 rings (SSSR count). The van der Waals surface area contributed by atoms with Crippen molar-refractivity contribution in [3.05, 3.63) is 70.9 Å². The number of amides is 1. The van der Waals surface area contributed by atoms with Gasteiger partial charge in [-0.3, -0.25) is 4.79 Å². The maximum atomic E-state index is 12.7. The van der Waals surface area contributed by atoms with Crippen LogP contribution < -0.4 is 10.1 Å². The molecule has 0 saturated carbocycles. The van der Waals surface area contributed by atoms with E-state index in [-0.39, 0.29) is 12.5 Å². The van der Waals surface area contributed by atoms with E-state index < -0.39 is 0 Å². The van der Waals surface area contributed by atoms with Gasteiger partial charge in [-0.15, -0.1) is 0 Å². The first-order valence-corrected chi connectivity index (χ1v) is 9.52. The molecule has 0 aliphatic carbocycles. The number of rotatable bonds is 8. The first-order chi connectivity index (χ1) is 13.6. The summed E-state index contributed by atoms with van der Waals surface area (Å²) in [6.45, 7) is 2.54. The van der Waals surface area contributed by atoms with E-state index >= 15 is 0 Å². The Morgan fingerprint density at radius 2 is 2.04 bits per heavy atom. The Morgan fingerprint density at radius 3 is 2.79 bits per heavy atom. The summed E-state index contributed by atoms with van der Waals surface area (Å²) in [5.41, 5.74) is 1.70. The van der Waals surface area contributed by atoms with Gasteiger partial charge in [0, 0.05) is 11.1 Å². The molecule has 2 N–H and O–H groups in total.